The number of nitrogens with one attached hydrogen (secondary N) is 2. The third-order valence-electron chi connectivity index (χ3n) is 3.27. The number of benzene rings is 1. The van der Waals surface area contributed by atoms with Crippen molar-refractivity contribution in [2.75, 3.05) is 5.32 Å². The smallest absolute Gasteiger partial charge is 0.319 e. The first kappa shape index (κ1) is 16.8. The maximum absolute atomic E-state index is 13.0. The van der Waals surface area contributed by atoms with Crippen LogP contribution in [0.25, 0.3) is 11.4 Å². The standard InChI is InChI=1S/C16H13ClFN5O2/c1-9(20-16(24)21-12-3-2-8-19-13(12)17)15-22-14(23-25-15)10-4-6-11(18)7-5-10/h2-9H,1H3,(H2,20,21,24)/t9-/m0/s1. The highest BCUT2D eigenvalue weighted by Gasteiger charge is 2.18. The van der Waals surface area contributed by atoms with E-state index in [0.717, 1.165) is 0 Å². The zero-order valence-electron chi connectivity index (χ0n) is 13.0. The van der Waals surface area contributed by atoms with Crippen molar-refractivity contribution in [1.29, 1.82) is 0 Å². The summed E-state index contributed by atoms with van der Waals surface area (Å²) in [6.07, 6.45) is 1.52. The van der Waals surface area contributed by atoms with Gasteiger partial charge in [0.1, 0.15) is 11.9 Å². The van der Waals surface area contributed by atoms with E-state index >= 15 is 0 Å². The molecule has 0 bridgehead atoms. The van der Waals surface area contributed by atoms with E-state index in [2.05, 4.69) is 25.8 Å². The van der Waals surface area contributed by atoms with E-state index in [0.29, 0.717) is 17.1 Å². The van der Waals surface area contributed by atoms with Crippen LogP contribution >= 0.6 is 11.6 Å². The lowest BCUT2D eigenvalue weighted by Gasteiger charge is -2.11. The molecule has 0 aliphatic heterocycles. The Hall–Kier alpha value is -3.00. The van der Waals surface area contributed by atoms with Gasteiger partial charge in [0.05, 0.1) is 5.69 Å². The van der Waals surface area contributed by atoms with Crippen LogP contribution in [0.3, 0.4) is 0 Å². The van der Waals surface area contributed by atoms with E-state index in [9.17, 15) is 9.18 Å². The van der Waals surface area contributed by atoms with E-state index in [4.69, 9.17) is 16.1 Å². The Morgan fingerprint density at radius 3 is 2.76 bits per heavy atom. The number of halogens is 2. The molecule has 3 rings (SSSR count). The lowest BCUT2D eigenvalue weighted by molar-refractivity contribution is 0.245. The molecule has 0 saturated heterocycles. The molecule has 0 aliphatic rings. The van der Waals surface area contributed by atoms with Crippen LogP contribution in [0.15, 0.2) is 47.1 Å². The highest BCUT2D eigenvalue weighted by atomic mass is 35.5. The minimum Gasteiger partial charge on any atom is -0.337 e. The molecule has 0 spiro atoms. The van der Waals surface area contributed by atoms with Gasteiger partial charge in [-0.2, -0.15) is 4.98 Å². The maximum atomic E-state index is 13.0. The number of urea groups is 1. The number of nitrogens with zero attached hydrogens (tertiary/aromatic N) is 3. The molecule has 0 unspecified atom stereocenters. The summed E-state index contributed by atoms with van der Waals surface area (Å²) in [6, 6.07) is 7.92. The first-order chi connectivity index (χ1) is 12.0. The predicted octanol–water partition coefficient (Wildman–Crippen LogP) is 3.81. The van der Waals surface area contributed by atoms with Crippen LogP contribution in [-0.4, -0.2) is 21.2 Å². The van der Waals surface area contributed by atoms with E-state index in [1.54, 1.807) is 31.2 Å². The Morgan fingerprint density at radius 2 is 2.04 bits per heavy atom. The molecule has 2 N–H and O–H groups in total. The number of aromatic nitrogens is 3. The molecule has 2 heterocycles. The lowest BCUT2D eigenvalue weighted by atomic mass is 10.2. The number of pyridine rings is 1. The molecule has 2 aromatic heterocycles. The molecule has 7 nitrogen and oxygen atoms in total. The summed E-state index contributed by atoms with van der Waals surface area (Å²) in [5, 5.41) is 9.25. The van der Waals surface area contributed by atoms with Crippen LogP contribution in [0.2, 0.25) is 5.15 Å². The van der Waals surface area contributed by atoms with Gasteiger partial charge in [0.25, 0.3) is 0 Å². The number of rotatable bonds is 4. The van der Waals surface area contributed by atoms with Gasteiger partial charge in [-0.05, 0) is 43.3 Å². The van der Waals surface area contributed by atoms with Crippen molar-refractivity contribution < 1.29 is 13.7 Å². The average molecular weight is 362 g/mol. The molecule has 2 amide bonds. The van der Waals surface area contributed by atoms with Crippen LogP contribution in [0.5, 0.6) is 0 Å². The molecule has 0 saturated carbocycles. The first-order valence-electron chi connectivity index (χ1n) is 7.30. The normalized spacial score (nSPS) is 11.8. The largest absolute Gasteiger partial charge is 0.337 e. The van der Waals surface area contributed by atoms with Gasteiger partial charge < -0.3 is 15.2 Å². The number of amides is 2. The van der Waals surface area contributed by atoms with Gasteiger partial charge in [0.2, 0.25) is 11.7 Å². The summed E-state index contributed by atoms with van der Waals surface area (Å²) in [5.74, 6) is 0.166. The van der Waals surface area contributed by atoms with E-state index in [-0.39, 0.29) is 16.9 Å². The van der Waals surface area contributed by atoms with Gasteiger partial charge in [-0.3, -0.25) is 0 Å². The van der Waals surface area contributed by atoms with Crippen molar-refractivity contribution in [3.63, 3.8) is 0 Å². The quantitative estimate of drug-likeness (QED) is 0.689. The van der Waals surface area contributed by atoms with Crippen molar-refractivity contribution in [2.24, 2.45) is 0 Å². The molecule has 0 radical (unpaired) electrons. The zero-order chi connectivity index (χ0) is 17.8. The Morgan fingerprint density at radius 1 is 1.28 bits per heavy atom. The number of hydrogen-bond donors (Lipinski definition) is 2. The fourth-order valence-corrected chi connectivity index (χ4v) is 2.19. The lowest BCUT2D eigenvalue weighted by Crippen LogP contribution is -2.31. The molecule has 25 heavy (non-hydrogen) atoms. The second-order valence-corrected chi connectivity index (χ2v) is 5.48. The van der Waals surface area contributed by atoms with Crippen molar-refractivity contribution in [3.05, 3.63) is 59.5 Å². The molecule has 3 aromatic rings. The van der Waals surface area contributed by atoms with Crippen molar-refractivity contribution in [3.8, 4) is 11.4 Å². The topological polar surface area (TPSA) is 92.9 Å². The maximum Gasteiger partial charge on any atom is 0.319 e. The Bertz CT molecular complexity index is 884. The van der Waals surface area contributed by atoms with E-state index in [1.165, 1.54) is 18.3 Å². The molecule has 128 valence electrons. The van der Waals surface area contributed by atoms with Crippen LogP contribution in [-0.2, 0) is 0 Å². The third kappa shape index (κ3) is 4.10. The fraction of sp³-hybridized carbons (Fsp3) is 0.125. The van der Waals surface area contributed by atoms with Gasteiger partial charge in [-0.15, -0.1) is 0 Å². The summed E-state index contributed by atoms with van der Waals surface area (Å²) in [7, 11) is 0. The summed E-state index contributed by atoms with van der Waals surface area (Å²) in [5.41, 5.74) is 0.988. The first-order valence-corrected chi connectivity index (χ1v) is 7.68. The van der Waals surface area contributed by atoms with Crippen LogP contribution in [0.1, 0.15) is 18.9 Å². The Labute approximate surface area is 147 Å². The van der Waals surface area contributed by atoms with Gasteiger partial charge in [-0.1, -0.05) is 16.8 Å². The Balaban J connectivity index is 1.65. The third-order valence-corrected chi connectivity index (χ3v) is 3.57. The SMILES string of the molecule is C[C@H](NC(=O)Nc1cccnc1Cl)c1nc(-c2ccc(F)cc2)no1. The monoisotopic (exact) mass is 361 g/mol. The van der Waals surface area contributed by atoms with E-state index in [1.807, 2.05) is 0 Å². The van der Waals surface area contributed by atoms with Crippen molar-refractivity contribution in [2.45, 2.75) is 13.0 Å². The molecular weight excluding hydrogens is 349 g/mol. The average Bonchev–Trinajstić information content (AvgIpc) is 3.08. The number of carbonyl (C=O) groups is 1. The van der Waals surface area contributed by atoms with Crippen LogP contribution in [0, 0.1) is 5.82 Å². The molecule has 1 aromatic carbocycles. The van der Waals surface area contributed by atoms with Gasteiger partial charge >= 0.3 is 6.03 Å². The van der Waals surface area contributed by atoms with Gasteiger partial charge in [0, 0.05) is 11.8 Å². The molecular formula is C16H13ClFN5O2. The minimum atomic E-state index is -0.544. The number of hydrogen-bond acceptors (Lipinski definition) is 5. The molecule has 1 atom stereocenters. The van der Waals surface area contributed by atoms with Crippen molar-refractivity contribution in [1.82, 2.24) is 20.4 Å². The van der Waals surface area contributed by atoms with Gasteiger partial charge in [-0.25, -0.2) is 14.2 Å². The van der Waals surface area contributed by atoms with Crippen LogP contribution in [0.4, 0.5) is 14.9 Å². The zero-order valence-corrected chi connectivity index (χ0v) is 13.8. The Kier molecular flexibility index (Phi) is 4.90. The van der Waals surface area contributed by atoms with Gasteiger partial charge in [0.15, 0.2) is 5.15 Å². The van der Waals surface area contributed by atoms with E-state index < -0.39 is 12.1 Å². The van der Waals surface area contributed by atoms with Crippen LogP contribution < -0.4 is 10.6 Å². The highest BCUT2D eigenvalue weighted by molar-refractivity contribution is 6.32. The number of carbonyl (C=O) groups excluding carboxylic acids is 1. The summed E-state index contributed by atoms with van der Waals surface area (Å²) < 4.78 is 18.1. The molecule has 0 fully saturated rings. The second kappa shape index (κ2) is 7.27. The fourth-order valence-electron chi connectivity index (χ4n) is 2.02. The summed E-state index contributed by atoms with van der Waals surface area (Å²) >= 11 is 5.88. The molecule has 9 heteroatoms. The second-order valence-electron chi connectivity index (χ2n) is 5.13. The number of anilines is 1. The minimum absolute atomic E-state index is 0.182. The summed E-state index contributed by atoms with van der Waals surface area (Å²) in [6.45, 7) is 1.69. The summed E-state index contributed by atoms with van der Waals surface area (Å²) in [4.78, 5) is 20.1. The predicted molar refractivity (Wildman–Crippen MR) is 89.5 cm³/mol. The molecule has 0 aliphatic carbocycles. The highest BCUT2D eigenvalue weighted by Crippen LogP contribution is 2.20. The van der Waals surface area contributed by atoms with Crippen molar-refractivity contribution >= 4 is 23.3 Å².